The lowest BCUT2D eigenvalue weighted by Crippen LogP contribution is -2.37. The summed E-state index contributed by atoms with van der Waals surface area (Å²) < 4.78 is 5.27. The van der Waals surface area contributed by atoms with Gasteiger partial charge in [0.2, 0.25) is 0 Å². The Morgan fingerprint density at radius 2 is 1.75 bits per heavy atom. The first-order valence-corrected chi connectivity index (χ1v) is 11.4. The lowest BCUT2D eigenvalue weighted by Gasteiger charge is -2.31. The highest BCUT2D eigenvalue weighted by Gasteiger charge is 2.49. The molecule has 0 radical (unpaired) electrons. The highest BCUT2D eigenvalue weighted by Crippen LogP contribution is 2.44. The molecule has 1 unspecified atom stereocenters. The monoisotopic (exact) mass is 453 g/mol. The molecule has 1 saturated carbocycles. The minimum atomic E-state index is -0.675. The summed E-state index contributed by atoms with van der Waals surface area (Å²) >= 11 is 6.36. The fourth-order valence-corrected chi connectivity index (χ4v) is 4.96. The second-order valence-electron chi connectivity index (χ2n) is 8.81. The molecular formula is C26H28ClNO4. The van der Waals surface area contributed by atoms with Gasteiger partial charge >= 0.3 is 0 Å². The first kappa shape index (κ1) is 22.4. The molecule has 1 heterocycles. The van der Waals surface area contributed by atoms with Crippen molar-refractivity contribution in [1.82, 2.24) is 4.90 Å². The third kappa shape index (κ3) is 3.90. The number of likely N-dealkylation sites (tertiary alicyclic amines) is 1. The molecular weight excluding hydrogens is 426 g/mol. The average Bonchev–Trinajstić information content (AvgIpc) is 3.40. The van der Waals surface area contributed by atoms with Crippen molar-refractivity contribution in [2.75, 3.05) is 7.11 Å². The van der Waals surface area contributed by atoms with E-state index < -0.39 is 17.7 Å². The van der Waals surface area contributed by atoms with E-state index in [1.807, 2.05) is 24.3 Å². The summed E-state index contributed by atoms with van der Waals surface area (Å²) in [4.78, 5) is 28.1. The number of aliphatic hydroxyl groups is 1. The molecule has 2 aromatic carbocycles. The summed E-state index contributed by atoms with van der Waals surface area (Å²) in [6, 6.07) is 12.1. The molecule has 6 heteroatoms. The van der Waals surface area contributed by atoms with Crippen LogP contribution < -0.4 is 4.74 Å². The number of hydrogen-bond donors (Lipinski definition) is 1. The molecule has 5 nitrogen and oxygen atoms in total. The lowest BCUT2D eigenvalue weighted by atomic mass is 9.92. The zero-order valence-electron chi connectivity index (χ0n) is 18.6. The first-order valence-electron chi connectivity index (χ1n) is 11.1. The number of ketones is 1. The molecule has 1 aliphatic heterocycles. The highest BCUT2D eigenvalue weighted by molar-refractivity contribution is 6.47. The number of carbonyl (C=O) groups excluding carboxylic acids is 2. The van der Waals surface area contributed by atoms with Gasteiger partial charge in [0.05, 0.1) is 23.7 Å². The number of rotatable bonds is 5. The van der Waals surface area contributed by atoms with Crippen LogP contribution in [0.2, 0.25) is 5.02 Å². The Labute approximate surface area is 193 Å². The summed E-state index contributed by atoms with van der Waals surface area (Å²) in [7, 11) is 1.52. The smallest absolute Gasteiger partial charge is 0.295 e. The average molecular weight is 454 g/mol. The highest BCUT2D eigenvalue weighted by atomic mass is 35.5. The van der Waals surface area contributed by atoms with Crippen molar-refractivity contribution in [3.8, 4) is 5.75 Å². The minimum absolute atomic E-state index is 0.0210. The van der Waals surface area contributed by atoms with Crippen LogP contribution in [0.25, 0.3) is 5.76 Å². The molecule has 1 saturated heterocycles. The van der Waals surface area contributed by atoms with Crippen molar-refractivity contribution in [1.29, 1.82) is 0 Å². The fourth-order valence-electron chi connectivity index (χ4n) is 4.76. The topological polar surface area (TPSA) is 66.8 Å². The van der Waals surface area contributed by atoms with Crippen LogP contribution in [-0.2, 0) is 9.59 Å². The second kappa shape index (κ2) is 8.99. The predicted octanol–water partition coefficient (Wildman–Crippen LogP) is 5.84. The van der Waals surface area contributed by atoms with Crippen LogP contribution in [0, 0.1) is 0 Å². The van der Waals surface area contributed by atoms with E-state index in [9.17, 15) is 14.7 Å². The van der Waals surface area contributed by atoms with Crippen LogP contribution in [0.15, 0.2) is 48.0 Å². The molecule has 4 rings (SSSR count). The van der Waals surface area contributed by atoms with Gasteiger partial charge in [-0.3, -0.25) is 9.59 Å². The Morgan fingerprint density at radius 1 is 1.09 bits per heavy atom. The Balaban J connectivity index is 1.89. The Morgan fingerprint density at radius 3 is 2.34 bits per heavy atom. The third-order valence-electron chi connectivity index (χ3n) is 6.55. The second-order valence-corrected chi connectivity index (χ2v) is 9.22. The molecule has 1 N–H and O–H groups in total. The fraction of sp³-hybridized carbons (Fsp3) is 0.385. The minimum Gasteiger partial charge on any atom is -0.507 e. The van der Waals surface area contributed by atoms with Crippen LogP contribution in [0.5, 0.6) is 5.75 Å². The largest absolute Gasteiger partial charge is 0.507 e. The molecule has 2 fully saturated rings. The summed E-state index contributed by atoms with van der Waals surface area (Å²) in [6.07, 6.45) is 3.75. The number of carbonyl (C=O) groups is 2. The number of ether oxygens (including phenoxy) is 1. The predicted molar refractivity (Wildman–Crippen MR) is 125 cm³/mol. The third-order valence-corrected chi connectivity index (χ3v) is 6.88. The van der Waals surface area contributed by atoms with Crippen LogP contribution in [0.4, 0.5) is 0 Å². The van der Waals surface area contributed by atoms with Gasteiger partial charge in [-0.15, -0.1) is 0 Å². The molecule has 32 heavy (non-hydrogen) atoms. The standard InChI is InChI=1S/C26H28ClNO4/c1-15(2)16-8-10-17(11-9-16)23-22(24(29)20-14-19(32-3)12-13-21(20)27)25(30)26(31)28(23)18-6-4-5-7-18/h8-15,18,23,29H,4-7H2,1-3H3/b24-22+. The van der Waals surface area contributed by atoms with Gasteiger partial charge < -0.3 is 14.7 Å². The van der Waals surface area contributed by atoms with Crippen molar-refractivity contribution in [3.05, 3.63) is 69.8 Å². The number of benzene rings is 2. The van der Waals surface area contributed by atoms with E-state index in [4.69, 9.17) is 16.3 Å². The van der Waals surface area contributed by atoms with E-state index in [-0.39, 0.29) is 28.0 Å². The van der Waals surface area contributed by atoms with E-state index >= 15 is 0 Å². The lowest BCUT2D eigenvalue weighted by molar-refractivity contribution is -0.141. The van der Waals surface area contributed by atoms with Gasteiger partial charge in [0.25, 0.3) is 11.7 Å². The van der Waals surface area contributed by atoms with Crippen LogP contribution in [-0.4, -0.2) is 34.8 Å². The van der Waals surface area contributed by atoms with E-state index in [2.05, 4.69) is 13.8 Å². The number of Topliss-reactive ketones (excluding diaryl/α,β-unsaturated/α-hetero) is 1. The summed E-state index contributed by atoms with van der Waals surface area (Å²) in [5.41, 5.74) is 2.33. The molecule has 1 aliphatic carbocycles. The van der Waals surface area contributed by atoms with Gasteiger partial charge in [-0.05, 0) is 48.1 Å². The first-order chi connectivity index (χ1) is 15.3. The molecule has 2 aliphatic rings. The van der Waals surface area contributed by atoms with Gasteiger partial charge in [-0.1, -0.05) is 62.6 Å². The van der Waals surface area contributed by atoms with Gasteiger partial charge in [0, 0.05) is 11.6 Å². The van der Waals surface area contributed by atoms with Crippen molar-refractivity contribution >= 4 is 29.1 Å². The molecule has 0 bridgehead atoms. The van der Waals surface area contributed by atoms with Crippen LogP contribution >= 0.6 is 11.6 Å². The Bertz CT molecular complexity index is 1070. The maximum atomic E-state index is 13.2. The summed E-state index contributed by atoms with van der Waals surface area (Å²) in [5.74, 6) is -0.646. The molecule has 1 atom stereocenters. The van der Waals surface area contributed by atoms with E-state index in [1.165, 1.54) is 12.7 Å². The van der Waals surface area contributed by atoms with Crippen molar-refractivity contribution < 1.29 is 19.4 Å². The quantitative estimate of drug-likeness (QED) is 0.351. The molecule has 2 aromatic rings. The number of aliphatic hydroxyl groups excluding tert-OH is 1. The molecule has 0 aromatic heterocycles. The van der Waals surface area contributed by atoms with Crippen LogP contribution in [0.1, 0.15) is 68.2 Å². The number of methoxy groups -OCH3 is 1. The number of hydrogen-bond acceptors (Lipinski definition) is 4. The number of halogens is 1. The van der Waals surface area contributed by atoms with Gasteiger partial charge in [0.1, 0.15) is 11.5 Å². The molecule has 1 amide bonds. The zero-order chi connectivity index (χ0) is 23.0. The Kier molecular flexibility index (Phi) is 6.29. The SMILES string of the molecule is COc1ccc(Cl)c(/C(O)=C2\C(=O)C(=O)N(C3CCCC3)C2c2ccc(C(C)C)cc2)c1. The molecule has 0 spiro atoms. The maximum absolute atomic E-state index is 13.2. The van der Waals surface area contributed by atoms with Gasteiger partial charge in [-0.25, -0.2) is 0 Å². The Hall–Kier alpha value is -2.79. The van der Waals surface area contributed by atoms with Crippen molar-refractivity contribution in [3.63, 3.8) is 0 Å². The zero-order valence-corrected chi connectivity index (χ0v) is 19.4. The van der Waals surface area contributed by atoms with Crippen molar-refractivity contribution in [2.24, 2.45) is 0 Å². The number of amides is 1. The van der Waals surface area contributed by atoms with E-state index in [0.717, 1.165) is 31.2 Å². The number of nitrogens with zero attached hydrogens (tertiary/aromatic N) is 1. The van der Waals surface area contributed by atoms with E-state index in [1.54, 1.807) is 23.1 Å². The summed E-state index contributed by atoms with van der Waals surface area (Å²) in [5, 5.41) is 11.6. The van der Waals surface area contributed by atoms with Gasteiger partial charge in [-0.2, -0.15) is 0 Å². The van der Waals surface area contributed by atoms with Gasteiger partial charge in [0.15, 0.2) is 0 Å². The van der Waals surface area contributed by atoms with Crippen LogP contribution in [0.3, 0.4) is 0 Å². The van der Waals surface area contributed by atoms with Crippen molar-refractivity contribution in [2.45, 2.75) is 57.5 Å². The van der Waals surface area contributed by atoms with E-state index in [0.29, 0.717) is 11.7 Å². The summed E-state index contributed by atoms with van der Waals surface area (Å²) in [6.45, 7) is 4.23. The normalized spacial score (nSPS) is 21.0. The molecule has 168 valence electrons. The maximum Gasteiger partial charge on any atom is 0.295 e.